The van der Waals surface area contributed by atoms with Crippen molar-refractivity contribution in [1.29, 1.82) is 0 Å². The fraction of sp³-hybridized carbons (Fsp3) is 0.385. The van der Waals surface area contributed by atoms with Gasteiger partial charge in [0.15, 0.2) is 0 Å². The minimum Gasteiger partial charge on any atom is -0.472 e. The van der Waals surface area contributed by atoms with Crippen LogP contribution in [0.1, 0.15) is 5.56 Å². The third kappa shape index (κ3) is 2.81. The minimum absolute atomic E-state index is 0.0863. The van der Waals surface area contributed by atoms with Gasteiger partial charge in [-0.2, -0.15) is 5.10 Å². The summed E-state index contributed by atoms with van der Waals surface area (Å²) in [6.07, 6.45) is 7.59. The van der Waals surface area contributed by atoms with E-state index in [-0.39, 0.29) is 12.5 Å². The van der Waals surface area contributed by atoms with Gasteiger partial charge in [-0.3, -0.25) is 9.48 Å². The van der Waals surface area contributed by atoms with Crippen molar-refractivity contribution in [2.75, 3.05) is 13.1 Å². The summed E-state index contributed by atoms with van der Waals surface area (Å²) in [5.41, 5.74) is 1.19. The van der Waals surface area contributed by atoms with Gasteiger partial charge < -0.3 is 9.32 Å². The quantitative estimate of drug-likeness (QED) is 0.858. The summed E-state index contributed by atoms with van der Waals surface area (Å²) in [6, 6.07) is 1.97. The second-order valence-electron chi connectivity index (χ2n) is 4.86. The highest BCUT2D eigenvalue weighted by atomic mass is 35.5. The number of hydrogen-bond acceptors (Lipinski definition) is 3. The van der Waals surface area contributed by atoms with Crippen LogP contribution in [-0.4, -0.2) is 33.7 Å². The van der Waals surface area contributed by atoms with E-state index < -0.39 is 0 Å². The van der Waals surface area contributed by atoms with Crippen LogP contribution in [0.25, 0.3) is 0 Å². The van der Waals surface area contributed by atoms with E-state index in [1.165, 1.54) is 11.8 Å². The molecule has 1 fully saturated rings. The van der Waals surface area contributed by atoms with Gasteiger partial charge in [-0.25, -0.2) is 0 Å². The lowest BCUT2D eigenvalue weighted by Gasteiger charge is -2.39. The standard InChI is InChI=1S/C13H14ClN3O2/c14-12-4-15-17(7-12)8-13(18)16-5-11(6-16)3-10-1-2-19-9-10/h1-2,4,7,9,11H,3,5-6,8H2. The number of amides is 1. The van der Waals surface area contributed by atoms with Crippen molar-refractivity contribution >= 4 is 17.5 Å². The minimum atomic E-state index is 0.0863. The summed E-state index contributed by atoms with van der Waals surface area (Å²) in [5, 5.41) is 4.55. The topological polar surface area (TPSA) is 51.3 Å². The van der Waals surface area contributed by atoms with Crippen LogP contribution in [0.2, 0.25) is 5.02 Å². The van der Waals surface area contributed by atoms with Gasteiger partial charge in [0, 0.05) is 19.3 Å². The lowest BCUT2D eigenvalue weighted by molar-refractivity contribution is -0.138. The van der Waals surface area contributed by atoms with E-state index in [1.54, 1.807) is 23.4 Å². The highest BCUT2D eigenvalue weighted by Crippen LogP contribution is 2.21. The number of likely N-dealkylation sites (tertiary alicyclic amines) is 1. The number of hydrogen-bond donors (Lipinski definition) is 0. The van der Waals surface area contributed by atoms with Crippen molar-refractivity contribution in [2.45, 2.75) is 13.0 Å². The monoisotopic (exact) mass is 279 g/mol. The van der Waals surface area contributed by atoms with Gasteiger partial charge in [-0.05, 0) is 24.0 Å². The molecule has 0 bridgehead atoms. The smallest absolute Gasteiger partial charge is 0.244 e. The average Bonchev–Trinajstić information content (AvgIpc) is 2.94. The molecule has 0 N–H and O–H groups in total. The Morgan fingerprint density at radius 1 is 1.53 bits per heavy atom. The summed E-state index contributed by atoms with van der Waals surface area (Å²) in [7, 11) is 0. The van der Waals surface area contributed by atoms with Crippen LogP contribution < -0.4 is 0 Å². The molecule has 0 aromatic carbocycles. The maximum Gasteiger partial charge on any atom is 0.244 e. The third-order valence-corrected chi connectivity index (χ3v) is 3.51. The molecule has 2 aromatic rings. The van der Waals surface area contributed by atoms with E-state index >= 15 is 0 Å². The Morgan fingerprint density at radius 2 is 2.37 bits per heavy atom. The molecule has 0 radical (unpaired) electrons. The van der Waals surface area contributed by atoms with Crippen LogP contribution in [0.5, 0.6) is 0 Å². The van der Waals surface area contributed by atoms with E-state index in [1.807, 2.05) is 11.0 Å². The highest BCUT2D eigenvalue weighted by Gasteiger charge is 2.30. The Kier molecular flexibility index (Phi) is 3.29. The van der Waals surface area contributed by atoms with E-state index in [0.717, 1.165) is 19.5 Å². The predicted molar refractivity (Wildman–Crippen MR) is 69.7 cm³/mol. The molecule has 3 heterocycles. The molecule has 2 aromatic heterocycles. The largest absolute Gasteiger partial charge is 0.472 e. The molecule has 0 aliphatic carbocycles. The summed E-state index contributed by atoms with van der Waals surface area (Å²) < 4.78 is 6.60. The number of carbonyl (C=O) groups excluding carboxylic acids is 1. The Bertz CT molecular complexity index is 558. The van der Waals surface area contributed by atoms with Gasteiger partial charge in [-0.1, -0.05) is 11.6 Å². The number of furan rings is 1. The molecule has 0 spiro atoms. The second kappa shape index (κ2) is 5.09. The summed E-state index contributed by atoms with van der Waals surface area (Å²) in [5.74, 6) is 0.617. The van der Waals surface area contributed by atoms with Crippen LogP contribution in [0, 0.1) is 5.92 Å². The van der Waals surface area contributed by atoms with Crippen molar-refractivity contribution in [2.24, 2.45) is 5.92 Å². The van der Waals surface area contributed by atoms with Crippen molar-refractivity contribution < 1.29 is 9.21 Å². The highest BCUT2D eigenvalue weighted by molar-refractivity contribution is 6.30. The molecule has 0 atom stereocenters. The number of halogens is 1. The molecule has 1 amide bonds. The molecule has 6 heteroatoms. The maximum absolute atomic E-state index is 12.0. The van der Waals surface area contributed by atoms with E-state index in [2.05, 4.69) is 5.10 Å². The van der Waals surface area contributed by atoms with Gasteiger partial charge in [-0.15, -0.1) is 0 Å². The van der Waals surface area contributed by atoms with Crippen LogP contribution in [-0.2, 0) is 17.8 Å². The Balaban J connectivity index is 1.46. The summed E-state index contributed by atoms with van der Waals surface area (Å²) >= 11 is 5.76. The van der Waals surface area contributed by atoms with Crippen molar-refractivity contribution in [3.8, 4) is 0 Å². The fourth-order valence-corrected chi connectivity index (χ4v) is 2.46. The lowest BCUT2D eigenvalue weighted by atomic mass is 9.93. The molecule has 1 saturated heterocycles. The van der Waals surface area contributed by atoms with Crippen molar-refractivity contribution in [3.05, 3.63) is 41.6 Å². The molecular weight excluding hydrogens is 266 g/mol. The van der Waals surface area contributed by atoms with Crippen molar-refractivity contribution in [3.63, 3.8) is 0 Å². The number of aromatic nitrogens is 2. The first-order valence-corrected chi connectivity index (χ1v) is 6.55. The van der Waals surface area contributed by atoms with Crippen LogP contribution in [0.3, 0.4) is 0 Å². The van der Waals surface area contributed by atoms with E-state index in [0.29, 0.717) is 10.9 Å². The lowest BCUT2D eigenvalue weighted by Crippen LogP contribution is -2.51. The van der Waals surface area contributed by atoms with Crippen LogP contribution in [0.15, 0.2) is 35.4 Å². The first-order valence-electron chi connectivity index (χ1n) is 6.17. The van der Waals surface area contributed by atoms with Crippen LogP contribution >= 0.6 is 11.6 Å². The third-order valence-electron chi connectivity index (χ3n) is 3.31. The molecule has 100 valence electrons. The Hall–Kier alpha value is -1.75. The number of carbonyl (C=O) groups is 1. The first-order chi connectivity index (χ1) is 9.20. The predicted octanol–water partition coefficient (Wildman–Crippen LogP) is 1.83. The maximum atomic E-state index is 12.0. The number of nitrogens with zero attached hydrogens (tertiary/aromatic N) is 3. The van der Waals surface area contributed by atoms with Crippen molar-refractivity contribution in [1.82, 2.24) is 14.7 Å². The fourth-order valence-electron chi connectivity index (χ4n) is 2.31. The first kappa shape index (κ1) is 12.3. The summed E-state index contributed by atoms with van der Waals surface area (Å²) in [6.45, 7) is 1.86. The van der Waals surface area contributed by atoms with Crippen LogP contribution in [0.4, 0.5) is 0 Å². The molecular formula is C13H14ClN3O2. The zero-order chi connectivity index (χ0) is 13.2. The molecule has 3 rings (SSSR count). The van der Waals surface area contributed by atoms with Gasteiger partial charge >= 0.3 is 0 Å². The molecule has 0 saturated carbocycles. The molecule has 19 heavy (non-hydrogen) atoms. The van der Waals surface area contributed by atoms with Gasteiger partial charge in [0.05, 0.1) is 23.7 Å². The zero-order valence-electron chi connectivity index (χ0n) is 10.3. The molecule has 1 aliphatic heterocycles. The summed E-state index contributed by atoms with van der Waals surface area (Å²) in [4.78, 5) is 13.8. The van der Waals surface area contributed by atoms with Gasteiger partial charge in [0.25, 0.3) is 0 Å². The zero-order valence-corrected chi connectivity index (χ0v) is 11.1. The Morgan fingerprint density at radius 3 is 3.00 bits per heavy atom. The molecule has 1 aliphatic rings. The van der Waals surface area contributed by atoms with E-state index in [9.17, 15) is 4.79 Å². The molecule has 5 nitrogen and oxygen atoms in total. The van der Waals surface area contributed by atoms with E-state index in [4.69, 9.17) is 16.0 Å². The normalized spacial score (nSPS) is 15.5. The number of rotatable bonds is 4. The average molecular weight is 280 g/mol. The molecule has 0 unspecified atom stereocenters. The Labute approximate surface area is 115 Å². The second-order valence-corrected chi connectivity index (χ2v) is 5.29. The SMILES string of the molecule is O=C(Cn1cc(Cl)cn1)N1CC(Cc2ccoc2)C1. The van der Waals surface area contributed by atoms with Gasteiger partial charge in [0.1, 0.15) is 6.54 Å². The van der Waals surface area contributed by atoms with Gasteiger partial charge in [0.2, 0.25) is 5.91 Å².